The molecule has 21 heavy (non-hydrogen) atoms. The molecule has 2 amide bonds. The summed E-state index contributed by atoms with van der Waals surface area (Å²) in [5, 5.41) is 6.95. The zero-order valence-corrected chi connectivity index (χ0v) is 12.0. The first-order valence-corrected chi connectivity index (χ1v) is 6.46. The van der Waals surface area contributed by atoms with Gasteiger partial charge in [0.1, 0.15) is 6.04 Å². The fourth-order valence-corrected chi connectivity index (χ4v) is 1.90. The Morgan fingerprint density at radius 1 is 1.43 bits per heavy atom. The van der Waals surface area contributed by atoms with Crippen molar-refractivity contribution in [3.63, 3.8) is 0 Å². The lowest BCUT2D eigenvalue weighted by molar-refractivity contribution is -0.119. The number of rotatable bonds is 4. The lowest BCUT2D eigenvalue weighted by Crippen LogP contribution is -2.24. The molecular formula is C13H14ClN5O2. The fraction of sp³-hybridized carbons (Fsp3) is 0.154. The zero-order valence-electron chi connectivity index (χ0n) is 11.2. The Kier molecular flexibility index (Phi) is 4.13. The zero-order chi connectivity index (χ0) is 15.6. The number of amides is 2. The van der Waals surface area contributed by atoms with Crippen LogP contribution < -0.4 is 16.8 Å². The molecule has 0 bridgehead atoms. The summed E-state index contributed by atoms with van der Waals surface area (Å²) in [5.41, 5.74) is 11.9. The third kappa shape index (κ3) is 3.32. The summed E-state index contributed by atoms with van der Waals surface area (Å²) < 4.78 is 1.35. The molecule has 1 unspecified atom stereocenters. The molecule has 0 radical (unpaired) electrons. The Morgan fingerprint density at radius 3 is 2.71 bits per heavy atom. The predicted octanol–water partition coefficient (Wildman–Crippen LogP) is 1.42. The van der Waals surface area contributed by atoms with Gasteiger partial charge < -0.3 is 16.8 Å². The summed E-state index contributed by atoms with van der Waals surface area (Å²) in [4.78, 5) is 23.2. The number of hydrogen-bond donors (Lipinski definition) is 3. The first-order valence-electron chi connectivity index (χ1n) is 6.08. The molecule has 0 saturated heterocycles. The molecule has 8 heteroatoms. The van der Waals surface area contributed by atoms with E-state index >= 15 is 0 Å². The van der Waals surface area contributed by atoms with Crippen LogP contribution in [0.25, 0.3) is 0 Å². The molecule has 1 aromatic carbocycles. The molecule has 0 saturated carbocycles. The molecule has 2 aromatic rings. The Balaban J connectivity index is 2.13. The third-order valence-corrected chi connectivity index (χ3v) is 3.23. The highest BCUT2D eigenvalue weighted by atomic mass is 35.5. The van der Waals surface area contributed by atoms with Crippen LogP contribution in [0.4, 0.5) is 11.4 Å². The second-order valence-corrected chi connectivity index (χ2v) is 4.88. The highest BCUT2D eigenvalue weighted by molar-refractivity contribution is 6.34. The van der Waals surface area contributed by atoms with E-state index in [1.807, 2.05) is 0 Å². The normalized spacial score (nSPS) is 11.9. The number of aromatic nitrogens is 2. The Labute approximate surface area is 125 Å². The van der Waals surface area contributed by atoms with E-state index in [0.717, 1.165) is 0 Å². The fourth-order valence-electron chi connectivity index (χ4n) is 1.67. The molecule has 7 nitrogen and oxygen atoms in total. The van der Waals surface area contributed by atoms with Gasteiger partial charge in [-0.25, -0.2) is 0 Å². The van der Waals surface area contributed by atoms with E-state index in [-0.39, 0.29) is 11.5 Å². The minimum atomic E-state index is -0.633. The summed E-state index contributed by atoms with van der Waals surface area (Å²) in [6.45, 7) is 1.64. The number of hydrogen-bond acceptors (Lipinski definition) is 4. The highest BCUT2D eigenvalue weighted by Crippen LogP contribution is 2.24. The average Bonchev–Trinajstić information content (AvgIpc) is 2.90. The molecule has 0 aliphatic rings. The van der Waals surface area contributed by atoms with Gasteiger partial charge in [-0.1, -0.05) is 11.6 Å². The molecule has 0 aliphatic carbocycles. The van der Waals surface area contributed by atoms with Gasteiger partial charge in [-0.2, -0.15) is 5.10 Å². The number of nitrogens with zero attached hydrogens (tertiary/aromatic N) is 2. The maximum atomic E-state index is 12.2. The second kappa shape index (κ2) is 5.84. The number of primary amides is 1. The lowest BCUT2D eigenvalue weighted by atomic mass is 10.2. The van der Waals surface area contributed by atoms with Crippen LogP contribution in [0.1, 0.15) is 23.3 Å². The summed E-state index contributed by atoms with van der Waals surface area (Å²) in [5.74, 6) is -0.934. The molecule has 0 aliphatic heterocycles. The van der Waals surface area contributed by atoms with Crippen molar-refractivity contribution in [3.05, 3.63) is 41.2 Å². The van der Waals surface area contributed by atoms with Crippen LogP contribution in [-0.4, -0.2) is 21.6 Å². The van der Waals surface area contributed by atoms with Gasteiger partial charge in [0.2, 0.25) is 5.91 Å². The van der Waals surface area contributed by atoms with E-state index in [4.69, 9.17) is 23.1 Å². The van der Waals surface area contributed by atoms with Gasteiger partial charge in [-0.15, -0.1) is 0 Å². The topological polar surface area (TPSA) is 116 Å². The molecule has 110 valence electrons. The maximum Gasteiger partial charge on any atom is 0.251 e. The van der Waals surface area contributed by atoms with Crippen LogP contribution in [0, 0.1) is 0 Å². The number of carbonyl (C=O) groups is 2. The van der Waals surface area contributed by atoms with Crippen LogP contribution >= 0.6 is 11.6 Å². The van der Waals surface area contributed by atoms with Gasteiger partial charge in [0.25, 0.3) is 5.91 Å². The SMILES string of the molecule is CC(C(=O)Nc1ccc(N)cc1Cl)n1cc(C(N)=O)cn1. The number of halogens is 1. The van der Waals surface area contributed by atoms with Gasteiger partial charge in [0.05, 0.1) is 22.5 Å². The average molecular weight is 308 g/mol. The van der Waals surface area contributed by atoms with Crippen LogP contribution in [0.15, 0.2) is 30.6 Å². The van der Waals surface area contributed by atoms with Crippen LogP contribution in [0.3, 0.4) is 0 Å². The van der Waals surface area contributed by atoms with Crippen LogP contribution in [0.2, 0.25) is 5.02 Å². The Bertz CT molecular complexity index is 698. The van der Waals surface area contributed by atoms with Gasteiger partial charge in [-0.3, -0.25) is 14.3 Å². The van der Waals surface area contributed by atoms with Gasteiger partial charge in [0, 0.05) is 11.9 Å². The van der Waals surface area contributed by atoms with Crippen molar-refractivity contribution in [2.45, 2.75) is 13.0 Å². The molecule has 0 spiro atoms. The quantitative estimate of drug-likeness (QED) is 0.740. The van der Waals surface area contributed by atoms with E-state index < -0.39 is 11.9 Å². The smallest absolute Gasteiger partial charge is 0.251 e. The standard InChI is InChI=1S/C13H14ClN5O2/c1-7(19-6-8(5-17-19)12(16)20)13(21)18-11-3-2-9(15)4-10(11)14/h2-7H,15H2,1H3,(H2,16,20)(H,18,21). The first kappa shape index (κ1) is 14.9. The van der Waals surface area contributed by atoms with Crippen LogP contribution in [-0.2, 0) is 4.79 Å². The predicted molar refractivity (Wildman–Crippen MR) is 80.0 cm³/mol. The number of nitrogen functional groups attached to an aromatic ring is 1. The molecule has 1 heterocycles. The summed E-state index contributed by atoms with van der Waals surface area (Å²) in [6, 6.07) is 4.15. The molecule has 5 N–H and O–H groups in total. The van der Waals surface area contributed by atoms with Gasteiger partial charge in [-0.05, 0) is 25.1 Å². The van der Waals surface area contributed by atoms with Crippen LogP contribution in [0.5, 0.6) is 0 Å². The van der Waals surface area contributed by atoms with Crippen molar-refractivity contribution in [1.29, 1.82) is 0 Å². The first-order chi connectivity index (χ1) is 9.88. The third-order valence-electron chi connectivity index (χ3n) is 2.91. The lowest BCUT2D eigenvalue weighted by Gasteiger charge is -2.13. The number of anilines is 2. The minimum absolute atomic E-state index is 0.236. The molecule has 1 aromatic heterocycles. The van der Waals surface area contributed by atoms with Crippen molar-refractivity contribution in [1.82, 2.24) is 9.78 Å². The number of nitrogens with two attached hydrogens (primary N) is 2. The van der Waals surface area contributed by atoms with Crippen molar-refractivity contribution in [2.24, 2.45) is 5.73 Å². The van der Waals surface area contributed by atoms with E-state index in [1.54, 1.807) is 25.1 Å². The van der Waals surface area contributed by atoms with Crippen molar-refractivity contribution in [2.75, 3.05) is 11.1 Å². The summed E-state index contributed by atoms with van der Waals surface area (Å²) in [7, 11) is 0. The molecule has 0 fully saturated rings. The molecule has 2 rings (SSSR count). The van der Waals surface area contributed by atoms with Gasteiger partial charge in [0.15, 0.2) is 0 Å². The summed E-state index contributed by atoms with van der Waals surface area (Å²) >= 11 is 5.99. The number of benzene rings is 1. The van der Waals surface area contributed by atoms with E-state index in [2.05, 4.69) is 10.4 Å². The summed E-state index contributed by atoms with van der Waals surface area (Å²) in [6.07, 6.45) is 2.72. The van der Waals surface area contributed by atoms with Crippen molar-refractivity contribution < 1.29 is 9.59 Å². The largest absolute Gasteiger partial charge is 0.399 e. The van der Waals surface area contributed by atoms with E-state index in [0.29, 0.717) is 16.4 Å². The second-order valence-electron chi connectivity index (χ2n) is 4.48. The maximum absolute atomic E-state index is 12.2. The highest BCUT2D eigenvalue weighted by Gasteiger charge is 2.18. The molecule has 1 atom stereocenters. The van der Waals surface area contributed by atoms with Crippen molar-refractivity contribution >= 4 is 34.8 Å². The van der Waals surface area contributed by atoms with E-state index in [9.17, 15) is 9.59 Å². The molecular weight excluding hydrogens is 294 g/mol. The Hall–Kier alpha value is -2.54. The van der Waals surface area contributed by atoms with E-state index in [1.165, 1.54) is 17.1 Å². The number of nitrogens with one attached hydrogen (secondary N) is 1. The van der Waals surface area contributed by atoms with Gasteiger partial charge >= 0.3 is 0 Å². The Morgan fingerprint density at radius 2 is 2.14 bits per heavy atom. The number of carbonyl (C=O) groups excluding carboxylic acids is 2. The van der Waals surface area contributed by atoms with Crippen molar-refractivity contribution in [3.8, 4) is 0 Å². The minimum Gasteiger partial charge on any atom is -0.399 e. The monoisotopic (exact) mass is 307 g/mol.